The zero-order valence-electron chi connectivity index (χ0n) is 12.6. The third kappa shape index (κ3) is 4.07. The van der Waals surface area contributed by atoms with Gasteiger partial charge in [-0.15, -0.1) is 0 Å². The summed E-state index contributed by atoms with van der Waals surface area (Å²) in [5.74, 6) is -1.12. The van der Waals surface area contributed by atoms with Crippen LogP contribution < -0.4 is 5.32 Å². The molecule has 0 aliphatic heterocycles. The number of hydrogen-bond acceptors (Lipinski definition) is 5. The van der Waals surface area contributed by atoms with Crippen LogP contribution in [0.4, 0.5) is 5.69 Å². The number of non-ortho nitro benzene ring substituents is 1. The highest BCUT2D eigenvalue weighted by Gasteiger charge is 2.25. The van der Waals surface area contributed by atoms with Crippen LogP contribution >= 0.6 is 22.6 Å². The van der Waals surface area contributed by atoms with E-state index >= 15 is 0 Å². The lowest BCUT2D eigenvalue weighted by molar-refractivity contribution is -0.384. The standard InChI is InChI=1S/C16H13IN2O5/c1-24-16(21)14(10-5-3-2-4-6-10)18-15(20)12-8-7-11(19(22)23)9-13(12)17/h2-9,14H,1H3,(H,18,20). The van der Waals surface area contributed by atoms with Crippen LogP contribution in [0.3, 0.4) is 0 Å². The number of ether oxygens (including phenoxy) is 1. The highest BCUT2D eigenvalue weighted by atomic mass is 127. The Hall–Kier alpha value is -2.49. The first kappa shape index (κ1) is 17.9. The molecule has 2 aromatic rings. The molecule has 0 aliphatic carbocycles. The Morgan fingerprint density at radius 1 is 1.21 bits per heavy atom. The predicted molar refractivity (Wildman–Crippen MR) is 94.5 cm³/mol. The van der Waals surface area contributed by atoms with Crippen LogP contribution in [0.5, 0.6) is 0 Å². The molecule has 0 fully saturated rings. The quantitative estimate of drug-likeness (QED) is 0.334. The Kier molecular flexibility index (Phi) is 5.85. The van der Waals surface area contributed by atoms with E-state index < -0.39 is 22.8 Å². The van der Waals surface area contributed by atoms with Gasteiger partial charge in [0.15, 0.2) is 6.04 Å². The van der Waals surface area contributed by atoms with Crippen molar-refractivity contribution >= 4 is 40.2 Å². The molecule has 24 heavy (non-hydrogen) atoms. The average Bonchev–Trinajstić information content (AvgIpc) is 2.59. The summed E-state index contributed by atoms with van der Waals surface area (Å²) in [7, 11) is 1.24. The number of benzene rings is 2. The van der Waals surface area contributed by atoms with Gasteiger partial charge < -0.3 is 10.1 Å². The van der Waals surface area contributed by atoms with E-state index in [4.69, 9.17) is 4.74 Å². The highest BCUT2D eigenvalue weighted by molar-refractivity contribution is 14.1. The fourth-order valence-corrected chi connectivity index (χ4v) is 2.80. The van der Waals surface area contributed by atoms with Gasteiger partial charge in [0, 0.05) is 15.7 Å². The summed E-state index contributed by atoms with van der Waals surface area (Å²) in [4.78, 5) is 34.7. The van der Waals surface area contributed by atoms with Gasteiger partial charge in [-0.1, -0.05) is 30.3 Å². The number of rotatable bonds is 5. The maximum absolute atomic E-state index is 12.5. The number of carbonyl (C=O) groups is 2. The van der Waals surface area contributed by atoms with Gasteiger partial charge in [-0.3, -0.25) is 14.9 Å². The number of nitro groups is 1. The third-order valence-corrected chi connectivity index (χ3v) is 4.15. The SMILES string of the molecule is COC(=O)C(NC(=O)c1ccc([N+](=O)[O-])cc1I)c1ccccc1. The summed E-state index contributed by atoms with van der Waals surface area (Å²) in [5, 5.41) is 13.4. The molecule has 1 amide bonds. The molecule has 0 spiro atoms. The van der Waals surface area contributed by atoms with Gasteiger partial charge in [-0.2, -0.15) is 0 Å². The number of methoxy groups -OCH3 is 1. The lowest BCUT2D eigenvalue weighted by Crippen LogP contribution is -2.34. The van der Waals surface area contributed by atoms with Gasteiger partial charge in [0.05, 0.1) is 17.6 Å². The summed E-state index contributed by atoms with van der Waals surface area (Å²) < 4.78 is 5.15. The molecule has 0 heterocycles. The van der Waals surface area contributed by atoms with E-state index in [2.05, 4.69) is 5.32 Å². The van der Waals surface area contributed by atoms with Crippen molar-refractivity contribution in [1.82, 2.24) is 5.32 Å². The van der Waals surface area contributed by atoms with E-state index in [-0.39, 0.29) is 11.3 Å². The van der Waals surface area contributed by atoms with Crippen LogP contribution in [-0.4, -0.2) is 23.9 Å². The predicted octanol–water partition coefficient (Wildman–Crippen LogP) is 2.84. The Bertz CT molecular complexity index is 779. The zero-order valence-corrected chi connectivity index (χ0v) is 14.7. The first-order valence-electron chi connectivity index (χ1n) is 6.81. The van der Waals surface area contributed by atoms with Crippen molar-refractivity contribution in [3.8, 4) is 0 Å². The molecule has 0 aliphatic rings. The normalized spacial score (nSPS) is 11.4. The number of halogens is 1. The Morgan fingerprint density at radius 2 is 1.88 bits per heavy atom. The van der Waals surface area contributed by atoms with Crippen LogP contribution in [0.25, 0.3) is 0 Å². The molecule has 1 N–H and O–H groups in total. The van der Waals surface area contributed by atoms with Gasteiger partial charge in [0.1, 0.15) is 0 Å². The van der Waals surface area contributed by atoms with Crippen LogP contribution in [0.2, 0.25) is 0 Å². The van der Waals surface area contributed by atoms with E-state index in [9.17, 15) is 19.7 Å². The molecule has 1 atom stereocenters. The number of nitro benzene ring substituents is 1. The Labute approximate surface area is 151 Å². The van der Waals surface area contributed by atoms with Gasteiger partial charge in [-0.05, 0) is 34.2 Å². The second-order valence-corrected chi connectivity index (χ2v) is 5.92. The number of esters is 1. The molecule has 0 bridgehead atoms. The summed E-state index contributed by atoms with van der Waals surface area (Å²) in [6, 6.07) is 11.6. The Morgan fingerprint density at radius 3 is 2.42 bits per heavy atom. The molecule has 0 radical (unpaired) electrons. The van der Waals surface area contributed by atoms with E-state index in [1.165, 1.54) is 25.3 Å². The average molecular weight is 440 g/mol. The minimum absolute atomic E-state index is 0.108. The van der Waals surface area contributed by atoms with Crippen LogP contribution in [0.1, 0.15) is 22.0 Å². The number of nitrogens with one attached hydrogen (secondary N) is 1. The third-order valence-electron chi connectivity index (χ3n) is 3.25. The molecule has 2 rings (SSSR count). The summed E-state index contributed by atoms with van der Waals surface area (Å²) >= 11 is 1.84. The molecule has 0 aromatic heterocycles. The highest BCUT2D eigenvalue weighted by Crippen LogP contribution is 2.21. The Balaban J connectivity index is 2.28. The van der Waals surface area contributed by atoms with Gasteiger partial charge in [0.25, 0.3) is 11.6 Å². The lowest BCUT2D eigenvalue weighted by atomic mass is 10.1. The second kappa shape index (κ2) is 7.86. The maximum atomic E-state index is 12.5. The van der Waals surface area contributed by atoms with E-state index in [0.717, 1.165) is 0 Å². The second-order valence-electron chi connectivity index (χ2n) is 4.76. The van der Waals surface area contributed by atoms with Crippen molar-refractivity contribution in [1.29, 1.82) is 0 Å². The van der Waals surface area contributed by atoms with Crippen LogP contribution in [-0.2, 0) is 9.53 Å². The topological polar surface area (TPSA) is 98.5 Å². The lowest BCUT2D eigenvalue weighted by Gasteiger charge is -2.17. The van der Waals surface area contributed by atoms with Gasteiger partial charge in [-0.25, -0.2) is 4.79 Å². The molecule has 0 saturated carbocycles. The molecular formula is C16H13IN2O5. The van der Waals surface area contributed by atoms with Crippen molar-refractivity contribution in [2.45, 2.75) is 6.04 Å². The molecule has 8 heteroatoms. The molecule has 7 nitrogen and oxygen atoms in total. The summed E-state index contributed by atoms with van der Waals surface area (Å²) in [5.41, 5.74) is 0.712. The first-order chi connectivity index (χ1) is 11.4. The van der Waals surface area contributed by atoms with Gasteiger partial charge in [0.2, 0.25) is 0 Å². The summed E-state index contributed by atoms with van der Waals surface area (Å²) in [6.07, 6.45) is 0. The smallest absolute Gasteiger partial charge is 0.333 e. The van der Waals surface area contributed by atoms with Crippen LogP contribution in [0.15, 0.2) is 48.5 Å². The largest absolute Gasteiger partial charge is 0.467 e. The monoisotopic (exact) mass is 440 g/mol. The number of amides is 1. The fourth-order valence-electron chi connectivity index (χ4n) is 2.05. The van der Waals surface area contributed by atoms with Crippen molar-refractivity contribution in [3.05, 3.63) is 73.3 Å². The fraction of sp³-hybridized carbons (Fsp3) is 0.125. The van der Waals surface area contributed by atoms with E-state index in [1.54, 1.807) is 30.3 Å². The number of nitrogens with zero attached hydrogens (tertiary/aromatic N) is 1. The molecular weight excluding hydrogens is 427 g/mol. The summed E-state index contributed by atoms with van der Waals surface area (Å²) in [6.45, 7) is 0. The van der Waals surface area contributed by atoms with Crippen molar-refractivity contribution < 1.29 is 19.2 Å². The molecule has 2 aromatic carbocycles. The minimum Gasteiger partial charge on any atom is -0.467 e. The molecule has 1 unspecified atom stereocenters. The molecule has 124 valence electrons. The van der Waals surface area contributed by atoms with Crippen LogP contribution in [0, 0.1) is 13.7 Å². The maximum Gasteiger partial charge on any atom is 0.333 e. The number of carbonyl (C=O) groups excluding carboxylic acids is 2. The van der Waals surface area contributed by atoms with Gasteiger partial charge >= 0.3 is 5.97 Å². The minimum atomic E-state index is -0.963. The van der Waals surface area contributed by atoms with Crippen molar-refractivity contribution in [2.24, 2.45) is 0 Å². The first-order valence-corrected chi connectivity index (χ1v) is 7.89. The van der Waals surface area contributed by atoms with Crippen molar-refractivity contribution in [3.63, 3.8) is 0 Å². The van der Waals surface area contributed by atoms with E-state index in [0.29, 0.717) is 9.13 Å². The van der Waals surface area contributed by atoms with E-state index in [1.807, 2.05) is 22.6 Å². The zero-order chi connectivity index (χ0) is 17.7. The number of hydrogen-bond donors (Lipinski definition) is 1. The van der Waals surface area contributed by atoms with Crippen molar-refractivity contribution in [2.75, 3.05) is 7.11 Å². The molecule has 0 saturated heterocycles.